The molecule has 0 bridgehead atoms. The quantitative estimate of drug-likeness (QED) is 0.426. The molecular formula is C17H13N7O3. The number of amides is 1. The fourth-order valence-electron chi connectivity index (χ4n) is 2.70. The van der Waals surface area contributed by atoms with Crippen LogP contribution in [-0.4, -0.2) is 35.0 Å². The maximum absolute atomic E-state index is 12.4. The molecule has 1 aromatic carbocycles. The van der Waals surface area contributed by atoms with Crippen molar-refractivity contribution in [1.82, 2.24) is 29.5 Å². The van der Waals surface area contributed by atoms with E-state index in [-0.39, 0.29) is 17.8 Å². The van der Waals surface area contributed by atoms with Gasteiger partial charge in [-0.25, -0.2) is 4.98 Å². The summed E-state index contributed by atoms with van der Waals surface area (Å²) in [5, 5.41) is 22.2. The highest BCUT2D eigenvalue weighted by Crippen LogP contribution is 2.24. The van der Waals surface area contributed by atoms with Gasteiger partial charge in [-0.3, -0.25) is 19.3 Å². The normalized spacial score (nSPS) is 10.8. The standard InChI is InChI=1S/C17H13N7O3/c25-17(19-10-16-21-20-15-3-1-2-7-23(15)16)12-4-5-13(14(9-12)24(26)27)22-8-6-18-11-22/h1-9,11H,10H2,(H,19,25). The van der Waals surface area contributed by atoms with Crippen LogP contribution in [0, 0.1) is 10.1 Å². The minimum Gasteiger partial charge on any atom is -0.345 e. The molecule has 0 atom stereocenters. The number of nitrogens with zero attached hydrogens (tertiary/aromatic N) is 6. The van der Waals surface area contributed by atoms with Crippen LogP contribution in [0.4, 0.5) is 5.69 Å². The Hall–Kier alpha value is -4.08. The smallest absolute Gasteiger partial charge is 0.294 e. The summed E-state index contributed by atoms with van der Waals surface area (Å²) in [5.74, 6) is 0.117. The lowest BCUT2D eigenvalue weighted by molar-refractivity contribution is -0.384. The molecule has 3 heterocycles. The molecule has 134 valence electrons. The second-order valence-electron chi connectivity index (χ2n) is 5.66. The van der Waals surface area contributed by atoms with Gasteiger partial charge >= 0.3 is 0 Å². The van der Waals surface area contributed by atoms with Gasteiger partial charge < -0.3 is 9.88 Å². The van der Waals surface area contributed by atoms with E-state index in [1.807, 2.05) is 12.1 Å². The Balaban J connectivity index is 1.57. The summed E-state index contributed by atoms with van der Waals surface area (Å²) in [5.41, 5.74) is 0.993. The van der Waals surface area contributed by atoms with Crippen molar-refractivity contribution in [1.29, 1.82) is 0 Å². The first-order valence-corrected chi connectivity index (χ1v) is 7.97. The minimum atomic E-state index is -0.530. The molecule has 0 aliphatic heterocycles. The number of pyridine rings is 1. The number of benzene rings is 1. The number of nitro groups is 1. The van der Waals surface area contributed by atoms with E-state index < -0.39 is 10.8 Å². The van der Waals surface area contributed by atoms with E-state index in [0.717, 1.165) is 0 Å². The van der Waals surface area contributed by atoms with Crippen LogP contribution in [0.25, 0.3) is 11.3 Å². The van der Waals surface area contributed by atoms with Gasteiger partial charge in [0.05, 0.1) is 17.8 Å². The number of carbonyl (C=O) groups is 1. The van der Waals surface area contributed by atoms with E-state index in [4.69, 9.17) is 0 Å². The molecule has 4 aromatic rings. The molecular weight excluding hydrogens is 350 g/mol. The topological polar surface area (TPSA) is 120 Å². The highest BCUT2D eigenvalue weighted by molar-refractivity contribution is 5.95. The number of aromatic nitrogens is 5. The zero-order valence-corrected chi connectivity index (χ0v) is 13.9. The third-order valence-electron chi connectivity index (χ3n) is 4.01. The first-order chi connectivity index (χ1) is 13.1. The van der Waals surface area contributed by atoms with Crippen LogP contribution < -0.4 is 5.32 Å². The second-order valence-corrected chi connectivity index (χ2v) is 5.66. The first kappa shape index (κ1) is 16.4. The van der Waals surface area contributed by atoms with Gasteiger partial charge in [-0.15, -0.1) is 10.2 Å². The number of fused-ring (bicyclic) bond motifs is 1. The first-order valence-electron chi connectivity index (χ1n) is 7.97. The third kappa shape index (κ3) is 3.11. The highest BCUT2D eigenvalue weighted by atomic mass is 16.6. The summed E-state index contributed by atoms with van der Waals surface area (Å²) in [4.78, 5) is 27.2. The van der Waals surface area contributed by atoms with Crippen molar-refractivity contribution in [2.45, 2.75) is 6.54 Å². The van der Waals surface area contributed by atoms with Crippen molar-refractivity contribution in [2.24, 2.45) is 0 Å². The van der Waals surface area contributed by atoms with Crippen molar-refractivity contribution < 1.29 is 9.72 Å². The number of carbonyl (C=O) groups excluding carboxylic acids is 1. The number of hydrogen-bond donors (Lipinski definition) is 1. The molecule has 0 saturated carbocycles. The average molecular weight is 363 g/mol. The SMILES string of the molecule is O=C(NCc1nnc2ccccn12)c1ccc(-n2ccnc2)c([N+](=O)[O-])c1. The van der Waals surface area contributed by atoms with E-state index in [0.29, 0.717) is 17.2 Å². The Morgan fingerprint density at radius 3 is 2.85 bits per heavy atom. The largest absolute Gasteiger partial charge is 0.345 e. The van der Waals surface area contributed by atoms with Gasteiger partial charge in [-0.1, -0.05) is 6.07 Å². The van der Waals surface area contributed by atoms with E-state index in [1.54, 1.807) is 22.9 Å². The highest BCUT2D eigenvalue weighted by Gasteiger charge is 2.19. The number of hydrogen-bond acceptors (Lipinski definition) is 6. The van der Waals surface area contributed by atoms with Gasteiger partial charge in [-0.05, 0) is 24.3 Å². The molecule has 10 heteroatoms. The minimum absolute atomic E-state index is 0.140. The van der Waals surface area contributed by atoms with Gasteiger partial charge in [0.2, 0.25) is 0 Å². The van der Waals surface area contributed by atoms with Crippen molar-refractivity contribution in [3.63, 3.8) is 0 Å². The van der Waals surface area contributed by atoms with Crippen molar-refractivity contribution in [3.05, 3.63) is 82.8 Å². The Bertz CT molecular complexity index is 1130. The number of rotatable bonds is 5. The molecule has 4 rings (SSSR count). The van der Waals surface area contributed by atoms with E-state index in [9.17, 15) is 14.9 Å². The van der Waals surface area contributed by atoms with Crippen LogP contribution in [0.2, 0.25) is 0 Å². The van der Waals surface area contributed by atoms with Gasteiger partial charge in [0, 0.05) is 30.2 Å². The molecule has 0 spiro atoms. The Labute approximate surface area is 152 Å². The second kappa shape index (κ2) is 6.67. The lowest BCUT2D eigenvalue weighted by Gasteiger charge is -2.07. The molecule has 0 saturated heterocycles. The molecule has 3 aromatic heterocycles. The van der Waals surface area contributed by atoms with Crippen molar-refractivity contribution in [3.8, 4) is 5.69 Å². The van der Waals surface area contributed by atoms with Gasteiger partial charge in [0.15, 0.2) is 11.5 Å². The summed E-state index contributed by atoms with van der Waals surface area (Å²) in [6, 6.07) is 9.76. The molecule has 1 amide bonds. The third-order valence-corrected chi connectivity index (χ3v) is 4.01. The van der Waals surface area contributed by atoms with Gasteiger partial charge in [-0.2, -0.15) is 0 Å². The van der Waals surface area contributed by atoms with Crippen LogP contribution in [0.3, 0.4) is 0 Å². The van der Waals surface area contributed by atoms with Crippen molar-refractivity contribution in [2.75, 3.05) is 0 Å². The molecule has 0 aliphatic rings. The Kier molecular flexibility index (Phi) is 4.05. The van der Waals surface area contributed by atoms with Gasteiger partial charge in [0.25, 0.3) is 11.6 Å². The van der Waals surface area contributed by atoms with Crippen LogP contribution >= 0.6 is 0 Å². The molecule has 0 aliphatic carbocycles. The lowest BCUT2D eigenvalue weighted by atomic mass is 10.1. The average Bonchev–Trinajstić information content (AvgIpc) is 3.35. The predicted octanol–water partition coefficient (Wildman–Crippen LogP) is 1.75. The molecule has 27 heavy (non-hydrogen) atoms. The summed E-state index contributed by atoms with van der Waals surface area (Å²) in [7, 11) is 0. The summed E-state index contributed by atoms with van der Waals surface area (Å²) in [6.07, 6.45) is 6.37. The summed E-state index contributed by atoms with van der Waals surface area (Å²) >= 11 is 0. The van der Waals surface area contributed by atoms with Crippen LogP contribution in [-0.2, 0) is 6.54 Å². The summed E-state index contributed by atoms with van der Waals surface area (Å²) in [6.45, 7) is 0.140. The molecule has 10 nitrogen and oxygen atoms in total. The lowest BCUT2D eigenvalue weighted by Crippen LogP contribution is -2.24. The van der Waals surface area contributed by atoms with Crippen molar-refractivity contribution >= 4 is 17.2 Å². The van der Waals surface area contributed by atoms with Crippen LogP contribution in [0.5, 0.6) is 0 Å². The number of imidazole rings is 1. The fraction of sp³-hybridized carbons (Fsp3) is 0.0588. The molecule has 0 radical (unpaired) electrons. The van der Waals surface area contributed by atoms with E-state index >= 15 is 0 Å². The Morgan fingerprint density at radius 2 is 2.07 bits per heavy atom. The predicted molar refractivity (Wildman–Crippen MR) is 94.4 cm³/mol. The molecule has 0 fully saturated rings. The van der Waals surface area contributed by atoms with E-state index in [1.165, 1.54) is 35.3 Å². The maximum Gasteiger partial charge on any atom is 0.294 e. The number of nitrogens with one attached hydrogen (secondary N) is 1. The fourth-order valence-corrected chi connectivity index (χ4v) is 2.70. The summed E-state index contributed by atoms with van der Waals surface area (Å²) < 4.78 is 3.27. The zero-order valence-electron chi connectivity index (χ0n) is 13.9. The number of nitro benzene ring substituents is 1. The van der Waals surface area contributed by atoms with E-state index in [2.05, 4.69) is 20.5 Å². The zero-order chi connectivity index (χ0) is 18.8. The van der Waals surface area contributed by atoms with Crippen LogP contribution in [0.15, 0.2) is 61.3 Å². The molecule has 0 unspecified atom stereocenters. The van der Waals surface area contributed by atoms with Crippen LogP contribution in [0.1, 0.15) is 16.2 Å². The maximum atomic E-state index is 12.4. The molecule has 1 N–H and O–H groups in total. The monoisotopic (exact) mass is 363 g/mol. The Morgan fingerprint density at radius 1 is 1.19 bits per heavy atom. The van der Waals surface area contributed by atoms with Gasteiger partial charge in [0.1, 0.15) is 5.69 Å².